The second-order valence-corrected chi connectivity index (χ2v) is 7.29. The Balaban J connectivity index is 2.00. The molecule has 3 N–H and O–H groups in total. The topological polar surface area (TPSA) is 84.7 Å². The highest BCUT2D eigenvalue weighted by Gasteiger charge is 2.36. The molecule has 26 heavy (non-hydrogen) atoms. The van der Waals surface area contributed by atoms with Crippen molar-refractivity contribution >= 4 is 12.0 Å². The molecule has 0 aromatic heterocycles. The molecule has 0 aliphatic heterocycles. The second-order valence-electron chi connectivity index (χ2n) is 7.29. The monoisotopic (exact) mass is 361 g/mol. The first-order valence-electron chi connectivity index (χ1n) is 9.45. The molecule has 1 saturated carbocycles. The summed E-state index contributed by atoms with van der Waals surface area (Å²) in [5.41, 5.74) is 6.78. The number of carbonyl (C=O) groups excluding carboxylic acids is 2. The highest BCUT2D eigenvalue weighted by atomic mass is 16.5. The van der Waals surface area contributed by atoms with Gasteiger partial charge in [0.25, 0.3) is 0 Å². The summed E-state index contributed by atoms with van der Waals surface area (Å²) in [5, 5.41) is 2.97. The summed E-state index contributed by atoms with van der Waals surface area (Å²) in [7, 11) is 0. The fourth-order valence-corrected chi connectivity index (χ4v) is 3.56. The maximum atomic E-state index is 12.6. The van der Waals surface area contributed by atoms with Gasteiger partial charge < -0.3 is 20.7 Å². The van der Waals surface area contributed by atoms with E-state index in [1.54, 1.807) is 6.92 Å². The van der Waals surface area contributed by atoms with E-state index in [1.807, 2.05) is 49.1 Å². The van der Waals surface area contributed by atoms with Gasteiger partial charge in [0, 0.05) is 6.04 Å². The van der Waals surface area contributed by atoms with Crippen molar-refractivity contribution in [3.63, 3.8) is 0 Å². The van der Waals surface area contributed by atoms with Crippen LogP contribution in [-0.4, -0.2) is 41.1 Å². The maximum Gasteiger partial charge on any atom is 0.407 e. The number of rotatable bonds is 6. The van der Waals surface area contributed by atoms with Gasteiger partial charge in [-0.2, -0.15) is 0 Å². The number of hydrogen-bond donors (Lipinski definition) is 2. The molecule has 0 heterocycles. The molecule has 3 unspecified atom stereocenters. The fraction of sp³-hybridized carbons (Fsp3) is 0.600. The molecule has 0 bridgehead atoms. The molecular weight excluding hydrogens is 330 g/mol. The van der Waals surface area contributed by atoms with Gasteiger partial charge in [-0.25, -0.2) is 4.79 Å². The summed E-state index contributed by atoms with van der Waals surface area (Å²) in [5.74, 6) is -0.0728. The van der Waals surface area contributed by atoms with Crippen LogP contribution in [0.25, 0.3) is 0 Å². The summed E-state index contributed by atoms with van der Waals surface area (Å²) in [4.78, 5) is 26.7. The minimum atomic E-state index is -0.551. The van der Waals surface area contributed by atoms with Crippen molar-refractivity contribution in [1.29, 1.82) is 0 Å². The van der Waals surface area contributed by atoms with Crippen LogP contribution in [0.1, 0.15) is 52.0 Å². The summed E-state index contributed by atoms with van der Waals surface area (Å²) in [6.07, 6.45) is 3.32. The zero-order chi connectivity index (χ0) is 19.1. The van der Waals surface area contributed by atoms with Crippen molar-refractivity contribution in [3.8, 4) is 0 Å². The molecule has 0 radical (unpaired) electrons. The van der Waals surface area contributed by atoms with Crippen molar-refractivity contribution in [2.24, 2.45) is 5.73 Å². The average Bonchev–Trinajstić information content (AvgIpc) is 2.62. The van der Waals surface area contributed by atoms with E-state index in [2.05, 4.69) is 5.32 Å². The first kappa shape index (κ1) is 20.2. The van der Waals surface area contributed by atoms with E-state index in [0.717, 1.165) is 31.2 Å². The number of carbonyl (C=O) groups is 2. The maximum absolute atomic E-state index is 12.6. The standard InChI is InChI=1S/C20H31N3O3/c1-14(2)23(19(24)15(3)21)18-12-8-7-11-17(18)22-20(25)26-13-16-9-5-4-6-10-16/h4-6,9-10,14-15,17-18H,7-8,11-13,21H2,1-3H3,(H,22,25). The van der Waals surface area contributed by atoms with Crippen LogP contribution in [0.15, 0.2) is 30.3 Å². The normalized spacial score (nSPS) is 21.1. The van der Waals surface area contributed by atoms with Crippen LogP contribution in [0.3, 0.4) is 0 Å². The van der Waals surface area contributed by atoms with E-state index in [9.17, 15) is 9.59 Å². The molecule has 1 fully saturated rings. The molecular formula is C20H31N3O3. The van der Waals surface area contributed by atoms with Crippen LogP contribution in [0.4, 0.5) is 4.79 Å². The van der Waals surface area contributed by atoms with Gasteiger partial charge >= 0.3 is 6.09 Å². The SMILES string of the molecule is CC(N)C(=O)N(C(C)C)C1CCCCC1NC(=O)OCc1ccccc1. The number of alkyl carbamates (subject to hydrolysis) is 1. The number of nitrogens with two attached hydrogens (primary N) is 1. The van der Waals surface area contributed by atoms with Gasteiger partial charge in [0.05, 0.1) is 18.1 Å². The minimum Gasteiger partial charge on any atom is -0.445 e. The third-order valence-corrected chi connectivity index (χ3v) is 4.80. The quantitative estimate of drug-likeness (QED) is 0.816. The van der Waals surface area contributed by atoms with Gasteiger partial charge in [0.1, 0.15) is 6.61 Å². The second kappa shape index (κ2) is 9.57. The third-order valence-electron chi connectivity index (χ3n) is 4.80. The number of amides is 2. The van der Waals surface area contributed by atoms with E-state index >= 15 is 0 Å². The largest absolute Gasteiger partial charge is 0.445 e. The molecule has 1 aliphatic rings. The van der Waals surface area contributed by atoms with Gasteiger partial charge in [-0.3, -0.25) is 4.79 Å². The lowest BCUT2D eigenvalue weighted by Crippen LogP contribution is -2.59. The number of hydrogen-bond acceptors (Lipinski definition) is 4. The van der Waals surface area contributed by atoms with Crippen molar-refractivity contribution < 1.29 is 14.3 Å². The zero-order valence-electron chi connectivity index (χ0n) is 16.0. The van der Waals surface area contributed by atoms with Crippen molar-refractivity contribution in [2.45, 2.75) is 77.2 Å². The van der Waals surface area contributed by atoms with E-state index in [4.69, 9.17) is 10.5 Å². The Kier molecular flexibility index (Phi) is 7.45. The van der Waals surface area contributed by atoms with Crippen LogP contribution in [0, 0.1) is 0 Å². The van der Waals surface area contributed by atoms with E-state index in [0.29, 0.717) is 0 Å². The molecule has 0 saturated heterocycles. The number of nitrogens with one attached hydrogen (secondary N) is 1. The first-order chi connectivity index (χ1) is 12.4. The fourth-order valence-electron chi connectivity index (χ4n) is 3.56. The molecule has 1 aromatic rings. The molecule has 1 aliphatic carbocycles. The highest BCUT2D eigenvalue weighted by Crippen LogP contribution is 2.25. The lowest BCUT2D eigenvalue weighted by Gasteiger charge is -2.43. The Bertz CT molecular complexity index is 589. The lowest BCUT2D eigenvalue weighted by atomic mass is 9.88. The number of ether oxygens (including phenoxy) is 1. The Morgan fingerprint density at radius 2 is 1.85 bits per heavy atom. The van der Waals surface area contributed by atoms with Crippen molar-refractivity contribution in [1.82, 2.24) is 10.2 Å². The van der Waals surface area contributed by atoms with Gasteiger partial charge in [-0.05, 0) is 39.2 Å². The smallest absolute Gasteiger partial charge is 0.407 e. The molecule has 2 rings (SSSR count). The first-order valence-corrected chi connectivity index (χ1v) is 9.45. The Morgan fingerprint density at radius 1 is 1.19 bits per heavy atom. The van der Waals surface area contributed by atoms with Gasteiger partial charge in [0.15, 0.2) is 0 Å². The Hall–Kier alpha value is -2.08. The van der Waals surface area contributed by atoms with Crippen LogP contribution >= 0.6 is 0 Å². The molecule has 6 heteroatoms. The Morgan fingerprint density at radius 3 is 2.46 bits per heavy atom. The summed E-state index contributed by atoms with van der Waals surface area (Å²) < 4.78 is 5.35. The summed E-state index contributed by atoms with van der Waals surface area (Å²) >= 11 is 0. The molecule has 3 atom stereocenters. The van der Waals surface area contributed by atoms with Gasteiger partial charge in [0.2, 0.25) is 5.91 Å². The molecule has 1 aromatic carbocycles. The third kappa shape index (κ3) is 5.46. The zero-order valence-corrected chi connectivity index (χ0v) is 16.0. The summed E-state index contributed by atoms with van der Waals surface area (Å²) in [6, 6.07) is 8.89. The van der Waals surface area contributed by atoms with Crippen molar-refractivity contribution in [2.75, 3.05) is 0 Å². The van der Waals surface area contributed by atoms with Crippen molar-refractivity contribution in [3.05, 3.63) is 35.9 Å². The van der Waals surface area contributed by atoms with Crippen LogP contribution in [0.5, 0.6) is 0 Å². The predicted molar refractivity (Wildman–Crippen MR) is 101 cm³/mol. The van der Waals surface area contributed by atoms with Crippen LogP contribution in [0.2, 0.25) is 0 Å². The summed E-state index contributed by atoms with van der Waals surface area (Å²) in [6.45, 7) is 5.91. The van der Waals surface area contributed by atoms with Gasteiger partial charge in [-0.1, -0.05) is 43.2 Å². The van der Waals surface area contributed by atoms with E-state index < -0.39 is 12.1 Å². The van der Waals surface area contributed by atoms with Crippen LogP contribution in [-0.2, 0) is 16.1 Å². The van der Waals surface area contributed by atoms with Gasteiger partial charge in [-0.15, -0.1) is 0 Å². The van der Waals surface area contributed by atoms with E-state index in [-0.39, 0.29) is 30.6 Å². The molecule has 0 spiro atoms. The Labute approximate surface area is 156 Å². The van der Waals surface area contributed by atoms with Crippen LogP contribution < -0.4 is 11.1 Å². The molecule has 2 amide bonds. The highest BCUT2D eigenvalue weighted by molar-refractivity contribution is 5.82. The average molecular weight is 361 g/mol. The molecule has 144 valence electrons. The number of benzene rings is 1. The predicted octanol–water partition coefficient (Wildman–Crippen LogP) is 2.81. The molecule has 6 nitrogen and oxygen atoms in total. The van der Waals surface area contributed by atoms with E-state index in [1.165, 1.54) is 0 Å². The lowest BCUT2D eigenvalue weighted by molar-refractivity contribution is -0.138. The minimum absolute atomic E-state index is 0.0289. The number of nitrogens with zero attached hydrogens (tertiary/aromatic N) is 1.